The molecule has 0 aromatic heterocycles. The first-order valence-corrected chi connectivity index (χ1v) is 6.36. The van der Waals surface area contributed by atoms with Gasteiger partial charge in [0.25, 0.3) is 0 Å². The molecule has 1 aliphatic rings. The van der Waals surface area contributed by atoms with Gasteiger partial charge in [-0.25, -0.2) is 0 Å². The number of carbonyl (C=O) groups excluding carboxylic acids is 1. The number of primary amides is 1. The second kappa shape index (κ2) is 5.52. The van der Waals surface area contributed by atoms with Crippen LogP contribution >= 0.6 is 11.6 Å². The number of nitrogens with one attached hydrogen (secondary N) is 1. The summed E-state index contributed by atoms with van der Waals surface area (Å²) in [5.74, 6) is -0.370. The topological polar surface area (TPSA) is 55.1 Å². The second-order valence-electron chi connectivity index (χ2n) is 4.50. The summed E-state index contributed by atoms with van der Waals surface area (Å²) in [5.41, 5.74) is 6.23. The van der Waals surface area contributed by atoms with Crippen molar-refractivity contribution in [3.63, 3.8) is 0 Å². The Morgan fingerprint density at radius 3 is 2.59 bits per heavy atom. The Balaban J connectivity index is 2.17. The van der Waals surface area contributed by atoms with Crippen molar-refractivity contribution in [3.8, 4) is 0 Å². The predicted molar refractivity (Wildman–Crippen MR) is 68.8 cm³/mol. The third-order valence-corrected chi connectivity index (χ3v) is 3.60. The Morgan fingerprint density at radius 1 is 1.35 bits per heavy atom. The van der Waals surface area contributed by atoms with Crippen molar-refractivity contribution in [1.29, 1.82) is 0 Å². The molecule has 0 heterocycles. The van der Waals surface area contributed by atoms with Crippen LogP contribution in [-0.2, 0) is 4.79 Å². The SMILES string of the molecule is NC(=O)C(NC1CCCC1)c1ccccc1Cl. The molecule has 1 amide bonds. The molecule has 4 heteroatoms. The van der Waals surface area contributed by atoms with Gasteiger partial charge in [-0.3, -0.25) is 10.1 Å². The molecule has 1 unspecified atom stereocenters. The summed E-state index contributed by atoms with van der Waals surface area (Å²) in [5, 5.41) is 3.90. The number of amides is 1. The summed E-state index contributed by atoms with van der Waals surface area (Å²) >= 11 is 6.10. The number of rotatable bonds is 4. The van der Waals surface area contributed by atoms with Gasteiger partial charge in [0.15, 0.2) is 0 Å². The standard InChI is InChI=1S/C13H17ClN2O/c14-11-8-4-3-7-10(11)12(13(15)17)16-9-5-1-2-6-9/h3-4,7-9,12,16H,1-2,5-6H2,(H2,15,17). The van der Waals surface area contributed by atoms with Gasteiger partial charge >= 0.3 is 0 Å². The minimum absolute atomic E-state index is 0.370. The lowest BCUT2D eigenvalue weighted by Crippen LogP contribution is -2.39. The van der Waals surface area contributed by atoms with E-state index in [1.165, 1.54) is 12.8 Å². The van der Waals surface area contributed by atoms with E-state index in [1.807, 2.05) is 18.2 Å². The van der Waals surface area contributed by atoms with E-state index in [0.717, 1.165) is 18.4 Å². The largest absolute Gasteiger partial charge is 0.368 e. The molecule has 1 fully saturated rings. The number of carbonyl (C=O) groups is 1. The van der Waals surface area contributed by atoms with E-state index in [1.54, 1.807) is 6.07 Å². The highest BCUT2D eigenvalue weighted by Gasteiger charge is 2.25. The van der Waals surface area contributed by atoms with Crippen LogP contribution in [0.2, 0.25) is 5.02 Å². The lowest BCUT2D eigenvalue weighted by Gasteiger charge is -2.21. The molecule has 3 nitrogen and oxygen atoms in total. The highest BCUT2D eigenvalue weighted by molar-refractivity contribution is 6.31. The zero-order valence-corrected chi connectivity index (χ0v) is 10.4. The summed E-state index contributed by atoms with van der Waals surface area (Å²) < 4.78 is 0. The van der Waals surface area contributed by atoms with Gasteiger partial charge in [0, 0.05) is 11.1 Å². The maximum atomic E-state index is 11.5. The molecular formula is C13H17ClN2O. The van der Waals surface area contributed by atoms with Crippen LogP contribution < -0.4 is 11.1 Å². The molecule has 1 aromatic carbocycles. The monoisotopic (exact) mass is 252 g/mol. The summed E-state index contributed by atoms with van der Waals surface area (Å²) in [4.78, 5) is 11.5. The van der Waals surface area contributed by atoms with E-state index in [9.17, 15) is 4.79 Å². The third-order valence-electron chi connectivity index (χ3n) is 3.26. The molecule has 1 atom stereocenters. The van der Waals surface area contributed by atoms with Crippen molar-refractivity contribution < 1.29 is 4.79 Å². The van der Waals surface area contributed by atoms with Crippen molar-refractivity contribution in [1.82, 2.24) is 5.32 Å². The van der Waals surface area contributed by atoms with Gasteiger partial charge in [-0.2, -0.15) is 0 Å². The zero-order valence-electron chi connectivity index (χ0n) is 9.66. The molecule has 0 aliphatic heterocycles. The van der Waals surface area contributed by atoms with Gasteiger partial charge in [-0.05, 0) is 24.5 Å². The van der Waals surface area contributed by atoms with Crippen molar-refractivity contribution in [2.24, 2.45) is 5.73 Å². The lowest BCUT2D eigenvalue weighted by molar-refractivity contribution is -0.120. The molecule has 0 bridgehead atoms. The first-order chi connectivity index (χ1) is 8.18. The molecule has 1 aliphatic carbocycles. The summed E-state index contributed by atoms with van der Waals surface area (Å²) in [6.45, 7) is 0. The zero-order chi connectivity index (χ0) is 12.3. The Labute approximate surface area is 106 Å². The molecular weight excluding hydrogens is 236 g/mol. The highest BCUT2D eigenvalue weighted by atomic mass is 35.5. The quantitative estimate of drug-likeness (QED) is 0.865. The van der Waals surface area contributed by atoms with E-state index in [4.69, 9.17) is 17.3 Å². The normalized spacial score (nSPS) is 18.2. The van der Waals surface area contributed by atoms with E-state index >= 15 is 0 Å². The van der Waals surface area contributed by atoms with Crippen LogP contribution in [0.4, 0.5) is 0 Å². The van der Waals surface area contributed by atoms with Crippen LogP contribution in [0.3, 0.4) is 0 Å². The number of nitrogens with two attached hydrogens (primary N) is 1. The van der Waals surface area contributed by atoms with Gasteiger partial charge in [0.05, 0.1) is 0 Å². The molecule has 1 aromatic rings. The van der Waals surface area contributed by atoms with Crippen molar-refractivity contribution in [2.45, 2.75) is 37.8 Å². The van der Waals surface area contributed by atoms with Crippen LogP contribution in [0, 0.1) is 0 Å². The van der Waals surface area contributed by atoms with Gasteiger partial charge in [0.1, 0.15) is 6.04 Å². The van der Waals surface area contributed by atoms with Gasteiger partial charge in [0.2, 0.25) is 5.91 Å². The fraction of sp³-hybridized carbons (Fsp3) is 0.462. The Bertz CT molecular complexity index is 402. The summed E-state index contributed by atoms with van der Waals surface area (Å²) in [6.07, 6.45) is 4.64. The number of benzene rings is 1. The lowest BCUT2D eigenvalue weighted by atomic mass is 10.0. The molecule has 2 rings (SSSR count). The van der Waals surface area contributed by atoms with Gasteiger partial charge in [-0.15, -0.1) is 0 Å². The summed E-state index contributed by atoms with van der Waals surface area (Å²) in [7, 11) is 0. The maximum absolute atomic E-state index is 11.5. The minimum atomic E-state index is -0.480. The van der Waals surface area contributed by atoms with Crippen LogP contribution in [0.15, 0.2) is 24.3 Å². The molecule has 0 radical (unpaired) electrons. The van der Waals surface area contributed by atoms with E-state index in [-0.39, 0.29) is 5.91 Å². The smallest absolute Gasteiger partial charge is 0.239 e. The minimum Gasteiger partial charge on any atom is -0.368 e. The molecule has 1 saturated carbocycles. The second-order valence-corrected chi connectivity index (χ2v) is 4.91. The molecule has 0 saturated heterocycles. The maximum Gasteiger partial charge on any atom is 0.239 e. The van der Waals surface area contributed by atoms with Crippen molar-refractivity contribution in [2.75, 3.05) is 0 Å². The van der Waals surface area contributed by atoms with Crippen LogP contribution in [-0.4, -0.2) is 11.9 Å². The van der Waals surface area contributed by atoms with Crippen LogP contribution in [0.1, 0.15) is 37.3 Å². The van der Waals surface area contributed by atoms with Crippen molar-refractivity contribution >= 4 is 17.5 Å². The average molecular weight is 253 g/mol. The Morgan fingerprint density at radius 2 is 2.00 bits per heavy atom. The van der Waals surface area contributed by atoms with Crippen LogP contribution in [0.25, 0.3) is 0 Å². The fourth-order valence-corrected chi connectivity index (χ4v) is 2.61. The first-order valence-electron chi connectivity index (χ1n) is 5.98. The van der Waals surface area contributed by atoms with Crippen molar-refractivity contribution in [3.05, 3.63) is 34.9 Å². The molecule has 0 spiro atoms. The van der Waals surface area contributed by atoms with Crippen LogP contribution in [0.5, 0.6) is 0 Å². The fourth-order valence-electron chi connectivity index (χ4n) is 2.36. The first kappa shape index (κ1) is 12.4. The number of hydrogen-bond donors (Lipinski definition) is 2. The Hall–Kier alpha value is -1.06. The average Bonchev–Trinajstić information content (AvgIpc) is 2.79. The molecule has 92 valence electrons. The van der Waals surface area contributed by atoms with E-state index < -0.39 is 6.04 Å². The molecule has 17 heavy (non-hydrogen) atoms. The van der Waals surface area contributed by atoms with E-state index in [0.29, 0.717) is 11.1 Å². The van der Waals surface area contributed by atoms with E-state index in [2.05, 4.69) is 5.32 Å². The Kier molecular flexibility index (Phi) is 4.02. The number of hydrogen-bond acceptors (Lipinski definition) is 2. The summed E-state index contributed by atoms with van der Waals surface area (Å²) in [6, 6.07) is 7.24. The van der Waals surface area contributed by atoms with Gasteiger partial charge in [-0.1, -0.05) is 42.6 Å². The van der Waals surface area contributed by atoms with Gasteiger partial charge < -0.3 is 5.73 Å². The highest BCUT2D eigenvalue weighted by Crippen LogP contribution is 2.26. The molecule has 3 N–H and O–H groups in total. The number of halogens is 1. The third kappa shape index (κ3) is 2.99. The predicted octanol–water partition coefficient (Wildman–Crippen LogP) is 2.40.